The fourth-order valence-electron chi connectivity index (χ4n) is 4.78. The minimum Gasteiger partial charge on any atom is -0.349 e. The van der Waals surface area contributed by atoms with Crippen molar-refractivity contribution in [2.24, 2.45) is 0 Å². The number of carbonyl (C=O) groups excluding carboxylic acids is 2. The Labute approximate surface area is 193 Å². The van der Waals surface area contributed by atoms with E-state index in [0.717, 1.165) is 62.7 Å². The second-order valence-corrected chi connectivity index (χ2v) is 9.76. The minimum atomic E-state index is -0.252. The number of benzene rings is 1. The first-order chi connectivity index (χ1) is 15.6. The Hall–Kier alpha value is -2.25. The quantitative estimate of drug-likeness (QED) is 0.669. The summed E-state index contributed by atoms with van der Waals surface area (Å²) >= 11 is 1.52. The first-order valence-electron chi connectivity index (χ1n) is 11.7. The summed E-state index contributed by atoms with van der Waals surface area (Å²) in [5.41, 5.74) is 1.69. The number of hydrogen-bond donors (Lipinski definition) is 1. The van der Waals surface area contributed by atoms with Crippen molar-refractivity contribution in [2.75, 3.05) is 19.6 Å². The average Bonchev–Trinajstić information content (AvgIpc) is 3.36. The van der Waals surface area contributed by atoms with Gasteiger partial charge >= 0.3 is 0 Å². The van der Waals surface area contributed by atoms with Crippen LogP contribution in [0.2, 0.25) is 0 Å². The number of hydrogen-bond acceptors (Lipinski definition) is 4. The predicted octanol–water partition coefficient (Wildman–Crippen LogP) is 4.44. The van der Waals surface area contributed by atoms with Crippen LogP contribution in [-0.2, 0) is 11.3 Å². The highest BCUT2D eigenvalue weighted by atomic mass is 32.1. The van der Waals surface area contributed by atoms with Gasteiger partial charge in [-0.05, 0) is 54.8 Å². The highest BCUT2D eigenvalue weighted by Crippen LogP contribution is 2.25. The van der Waals surface area contributed by atoms with E-state index in [1.807, 2.05) is 21.7 Å². The van der Waals surface area contributed by atoms with Crippen molar-refractivity contribution in [2.45, 2.75) is 63.6 Å². The van der Waals surface area contributed by atoms with Crippen LogP contribution in [0, 0.1) is 5.82 Å². The summed E-state index contributed by atoms with van der Waals surface area (Å²) in [7, 11) is 0. The molecule has 1 aliphatic carbocycles. The second kappa shape index (κ2) is 11.1. The molecule has 172 valence electrons. The van der Waals surface area contributed by atoms with Crippen LogP contribution in [0.25, 0.3) is 0 Å². The highest BCUT2D eigenvalue weighted by Gasteiger charge is 2.28. The van der Waals surface area contributed by atoms with Gasteiger partial charge in [-0.15, -0.1) is 0 Å². The molecule has 2 aliphatic rings. The highest BCUT2D eigenvalue weighted by molar-refractivity contribution is 7.08. The number of carbonyl (C=O) groups is 2. The number of likely N-dealkylation sites (tertiary alicyclic amines) is 1. The smallest absolute Gasteiger partial charge is 0.252 e. The van der Waals surface area contributed by atoms with E-state index in [2.05, 4.69) is 10.2 Å². The molecule has 2 fully saturated rings. The monoisotopic (exact) mass is 457 g/mol. The molecule has 2 heterocycles. The van der Waals surface area contributed by atoms with E-state index in [9.17, 15) is 14.0 Å². The summed E-state index contributed by atoms with van der Waals surface area (Å²) in [5, 5.41) is 6.90. The maximum absolute atomic E-state index is 13.3. The number of amides is 2. The van der Waals surface area contributed by atoms with Gasteiger partial charge in [0.05, 0.1) is 6.54 Å². The summed E-state index contributed by atoms with van der Waals surface area (Å²) in [4.78, 5) is 29.9. The Bertz CT molecular complexity index is 873. The Morgan fingerprint density at radius 2 is 1.75 bits per heavy atom. The number of rotatable bonds is 7. The molecular weight excluding hydrogens is 425 g/mol. The molecule has 2 amide bonds. The molecule has 1 saturated carbocycles. The van der Waals surface area contributed by atoms with Gasteiger partial charge in [0.25, 0.3) is 5.91 Å². The van der Waals surface area contributed by atoms with E-state index in [0.29, 0.717) is 13.1 Å². The lowest BCUT2D eigenvalue weighted by Gasteiger charge is -2.37. The minimum absolute atomic E-state index is 0.0106. The molecule has 0 spiro atoms. The molecule has 1 aromatic heterocycles. The fourth-order valence-corrected chi connectivity index (χ4v) is 5.42. The lowest BCUT2D eigenvalue weighted by molar-refractivity contribution is -0.136. The summed E-state index contributed by atoms with van der Waals surface area (Å²) in [5.74, 6) is -0.108. The molecular formula is C25H32FN3O2S. The van der Waals surface area contributed by atoms with Crippen molar-refractivity contribution >= 4 is 23.2 Å². The summed E-state index contributed by atoms with van der Waals surface area (Å²) in [6, 6.07) is 8.75. The zero-order valence-corrected chi connectivity index (χ0v) is 19.3. The maximum atomic E-state index is 13.3. The third kappa shape index (κ3) is 6.17. The third-order valence-electron chi connectivity index (χ3n) is 6.67. The molecule has 1 aromatic carbocycles. The molecule has 5 nitrogen and oxygen atoms in total. The Kier molecular flexibility index (Phi) is 7.92. The van der Waals surface area contributed by atoms with E-state index in [1.54, 1.807) is 12.1 Å². The Balaban J connectivity index is 1.31. The van der Waals surface area contributed by atoms with Crippen molar-refractivity contribution < 1.29 is 14.0 Å². The molecule has 0 bridgehead atoms. The van der Waals surface area contributed by atoms with E-state index < -0.39 is 0 Å². The van der Waals surface area contributed by atoms with Crippen LogP contribution in [0.1, 0.15) is 60.9 Å². The number of nitrogens with zero attached hydrogens (tertiary/aromatic N) is 2. The standard InChI is InChI=1S/C25H32FN3O2S/c26-21-8-6-19(7-9-21)16-29(23-4-2-1-3-5-23)24(30)17-28-13-10-22(11-14-28)27-25(31)20-12-15-32-18-20/h6-9,12,15,18,22-23H,1-5,10-11,13-14,16-17H2,(H,27,31). The van der Waals surface area contributed by atoms with Crippen molar-refractivity contribution in [3.8, 4) is 0 Å². The van der Waals surface area contributed by atoms with Gasteiger partial charge in [0, 0.05) is 42.7 Å². The van der Waals surface area contributed by atoms with Gasteiger partial charge in [-0.3, -0.25) is 14.5 Å². The van der Waals surface area contributed by atoms with Gasteiger partial charge < -0.3 is 10.2 Å². The molecule has 1 aliphatic heterocycles. The van der Waals surface area contributed by atoms with E-state index in [1.165, 1.54) is 29.9 Å². The van der Waals surface area contributed by atoms with Crippen LogP contribution in [0.15, 0.2) is 41.1 Å². The van der Waals surface area contributed by atoms with Crippen LogP contribution in [-0.4, -0.2) is 53.3 Å². The van der Waals surface area contributed by atoms with Gasteiger partial charge in [0.15, 0.2) is 0 Å². The zero-order chi connectivity index (χ0) is 22.3. The third-order valence-corrected chi connectivity index (χ3v) is 7.35. The molecule has 7 heteroatoms. The van der Waals surface area contributed by atoms with Gasteiger partial charge in [-0.1, -0.05) is 31.4 Å². The van der Waals surface area contributed by atoms with Gasteiger partial charge in [-0.25, -0.2) is 4.39 Å². The molecule has 0 radical (unpaired) electrons. The maximum Gasteiger partial charge on any atom is 0.252 e. The SMILES string of the molecule is O=C(NC1CCN(CC(=O)N(Cc2ccc(F)cc2)C2CCCCC2)CC1)c1ccsc1. The van der Waals surface area contributed by atoms with Crippen molar-refractivity contribution in [1.29, 1.82) is 0 Å². The van der Waals surface area contributed by atoms with E-state index >= 15 is 0 Å². The molecule has 4 rings (SSSR count). The number of halogens is 1. The van der Waals surface area contributed by atoms with Crippen LogP contribution >= 0.6 is 11.3 Å². The van der Waals surface area contributed by atoms with Crippen LogP contribution < -0.4 is 5.32 Å². The van der Waals surface area contributed by atoms with Crippen LogP contribution in [0.5, 0.6) is 0 Å². The number of piperidine rings is 1. The largest absolute Gasteiger partial charge is 0.349 e. The van der Waals surface area contributed by atoms with Crippen molar-refractivity contribution in [1.82, 2.24) is 15.1 Å². The lowest BCUT2D eigenvalue weighted by atomic mass is 9.93. The number of thiophene rings is 1. The molecule has 0 unspecified atom stereocenters. The Morgan fingerprint density at radius 3 is 2.41 bits per heavy atom. The molecule has 0 atom stereocenters. The summed E-state index contributed by atoms with van der Waals surface area (Å²) in [6.07, 6.45) is 7.35. The predicted molar refractivity (Wildman–Crippen MR) is 125 cm³/mol. The van der Waals surface area contributed by atoms with Gasteiger partial charge in [0.1, 0.15) is 5.82 Å². The first kappa shape index (κ1) is 22.9. The summed E-state index contributed by atoms with van der Waals surface area (Å²) in [6.45, 7) is 2.55. The second-order valence-electron chi connectivity index (χ2n) is 8.98. The van der Waals surface area contributed by atoms with Crippen molar-refractivity contribution in [3.63, 3.8) is 0 Å². The average molecular weight is 458 g/mol. The lowest BCUT2D eigenvalue weighted by Crippen LogP contribution is -2.50. The molecule has 32 heavy (non-hydrogen) atoms. The molecule has 1 N–H and O–H groups in total. The number of nitrogens with one attached hydrogen (secondary N) is 1. The first-order valence-corrected chi connectivity index (χ1v) is 12.6. The summed E-state index contributed by atoms with van der Waals surface area (Å²) < 4.78 is 13.3. The fraction of sp³-hybridized carbons (Fsp3) is 0.520. The van der Waals surface area contributed by atoms with Crippen LogP contribution in [0.3, 0.4) is 0 Å². The van der Waals surface area contributed by atoms with Gasteiger partial charge in [0.2, 0.25) is 5.91 Å². The molecule has 2 aromatic rings. The van der Waals surface area contributed by atoms with E-state index in [-0.39, 0.29) is 29.7 Å². The Morgan fingerprint density at radius 1 is 1.03 bits per heavy atom. The normalized spacial score (nSPS) is 18.4. The van der Waals surface area contributed by atoms with Crippen molar-refractivity contribution in [3.05, 3.63) is 58.0 Å². The van der Waals surface area contributed by atoms with E-state index in [4.69, 9.17) is 0 Å². The van der Waals surface area contributed by atoms with Crippen LogP contribution in [0.4, 0.5) is 4.39 Å². The molecule has 1 saturated heterocycles. The van der Waals surface area contributed by atoms with Gasteiger partial charge in [-0.2, -0.15) is 11.3 Å². The topological polar surface area (TPSA) is 52.7 Å². The zero-order valence-electron chi connectivity index (χ0n) is 18.5.